The highest BCUT2D eigenvalue weighted by molar-refractivity contribution is 6.36. The van der Waals surface area contributed by atoms with Gasteiger partial charge in [-0.2, -0.15) is 4.98 Å². The van der Waals surface area contributed by atoms with E-state index < -0.39 is 5.69 Å². The Balaban J connectivity index is 1.76. The van der Waals surface area contributed by atoms with Crippen LogP contribution in [0.25, 0.3) is 39.5 Å². The summed E-state index contributed by atoms with van der Waals surface area (Å²) < 4.78 is 7.13. The first-order valence-electron chi connectivity index (χ1n) is 9.72. The molecule has 158 valence electrons. The van der Waals surface area contributed by atoms with Gasteiger partial charge in [0.25, 0.3) is 0 Å². The van der Waals surface area contributed by atoms with Gasteiger partial charge in [0.15, 0.2) is 0 Å². The molecule has 6 nitrogen and oxygen atoms in total. The first kappa shape index (κ1) is 20.3. The van der Waals surface area contributed by atoms with Crippen molar-refractivity contribution in [1.29, 1.82) is 0 Å². The zero-order valence-electron chi connectivity index (χ0n) is 16.8. The molecule has 0 spiro atoms. The average Bonchev–Trinajstić information content (AvgIpc) is 3.18. The third-order valence-electron chi connectivity index (χ3n) is 5.10. The minimum atomic E-state index is -0.465. The van der Waals surface area contributed by atoms with Crippen molar-refractivity contribution in [2.45, 2.75) is 0 Å². The van der Waals surface area contributed by atoms with Crippen molar-refractivity contribution >= 4 is 28.8 Å². The summed E-state index contributed by atoms with van der Waals surface area (Å²) in [6.45, 7) is 0. The van der Waals surface area contributed by atoms with Gasteiger partial charge in [0.1, 0.15) is 17.1 Å². The molecule has 3 aromatic heterocycles. The minimum Gasteiger partial charge on any atom is -0.497 e. The molecule has 1 N–H and O–H groups in total. The van der Waals surface area contributed by atoms with Gasteiger partial charge in [-0.15, -0.1) is 0 Å². The maximum absolute atomic E-state index is 12.5. The zero-order chi connectivity index (χ0) is 22.2. The number of hydrogen-bond donors (Lipinski definition) is 1. The van der Waals surface area contributed by atoms with Gasteiger partial charge in [-0.3, -0.25) is 4.40 Å². The summed E-state index contributed by atoms with van der Waals surface area (Å²) in [6, 6.07) is 20.1. The number of hydrogen-bond acceptors (Lipinski definition) is 4. The van der Waals surface area contributed by atoms with E-state index >= 15 is 0 Å². The number of fused-ring (bicyclic) bond motifs is 1. The summed E-state index contributed by atoms with van der Waals surface area (Å²) >= 11 is 12.6. The van der Waals surface area contributed by atoms with Crippen LogP contribution in [-0.4, -0.2) is 26.5 Å². The van der Waals surface area contributed by atoms with E-state index in [0.717, 1.165) is 11.3 Å². The van der Waals surface area contributed by atoms with Gasteiger partial charge in [-0.05, 0) is 60.7 Å². The van der Waals surface area contributed by atoms with E-state index in [1.807, 2.05) is 65.2 Å². The van der Waals surface area contributed by atoms with Crippen molar-refractivity contribution in [3.8, 4) is 39.7 Å². The molecule has 0 aliphatic rings. The van der Waals surface area contributed by atoms with Gasteiger partial charge < -0.3 is 9.72 Å². The van der Waals surface area contributed by atoms with E-state index in [9.17, 15) is 4.79 Å². The highest BCUT2D eigenvalue weighted by Crippen LogP contribution is 2.37. The number of pyridine rings is 1. The van der Waals surface area contributed by atoms with Crippen LogP contribution in [0.5, 0.6) is 5.75 Å². The highest BCUT2D eigenvalue weighted by atomic mass is 35.5. The summed E-state index contributed by atoms with van der Waals surface area (Å²) in [4.78, 5) is 24.3. The molecule has 8 heteroatoms. The normalized spacial score (nSPS) is 11.1. The average molecular weight is 463 g/mol. The number of ether oxygens (including phenoxy) is 1. The lowest BCUT2D eigenvalue weighted by molar-refractivity contribution is 0.415. The minimum absolute atomic E-state index is 0.465. The van der Waals surface area contributed by atoms with E-state index in [1.54, 1.807) is 19.2 Å². The third-order valence-corrected chi connectivity index (χ3v) is 5.65. The molecule has 0 amide bonds. The Morgan fingerprint density at radius 2 is 1.78 bits per heavy atom. The summed E-state index contributed by atoms with van der Waals surface area (Å²) in [5.74, 6) is 0.722. The molecular formula is C24H16Cl2N4O2. The van der Waals surface area contributed by atoms with E-state index in [1.165, 1.54) is 0 Å². The van der Waals surface area contributed by atoms with Gasteiger partial charge in [0.2, 0.25) is 0 Å². The SMILES string of the molecule is COc1ccc(-c2cc(-c3c(-c4ccc(Cl)cc4Cl)nc4ccccn34)[nH]c(=O)n2)cc1. The van der Waals surface area contributed by atoms with Crippen LogP contribution in [0.1, 0.15) is 0 Å². The molecular weight excluding hydrogens is 447 g/mol. The van der Waals surface area contributed by atoms with E-state index in [-0.39, 0.29) is 0 Å². The number of aromatic amines is 1. The standard InChI is InChI=1S/C24H16Cl2N4O2/c1-32-16-8-5-14(6-9-16)19-13-20(28-24(31)27-19)23-22(17-10-7-15(25)12-18(17)26)29-21-4-2-3-11-30(21)23/h2-13H,1H3,(H,27,28,31). The molecule has 0 unspecified atom stereocenters. The van der Waals surface area contributed by atoms with Gasteiger partial charge in [-0.25, -0.2) is 9.78 Å². The van der Waals surface area contributed by atoms with Crippen molar-refractivity contribution in [2.75, 3.05) is 7.11 Å². The number of imidazole rings is 1. The first-order chi connectivity index (χ1) is 15.5. The first-order valence-corrected chi connectivity index (χ1v) is 10.5. The van der Waals surface area contributed by atoms with Crippen LogP contribution < -0.4 is 10.4 Å². The quantitative estimate of drug-likeness (QED) is 0.369. The molecule has 0 fully saturated rings. The van der Waals surface area contributed by atoms with Crippen LogP contribution in [0.2, 0.25) is 10.0 Å². The van der Waals surface area contributed by atoms with Crippen molar-refractivity contribution in [3.05, 3.63) is 93.5 Å². The van der Waals surface area contributed by atoms with Crippen LogP contribution in [0.3, 0.4) is 0 Å². The third kappa shape index (κ3) is 3.64. The molecule has 3 heterocycles. The number of methoxy groups -OCH3 is 1. The van der Waals surface area contributed by atoms with E-state index in [4.69, 9.17) is 32.9 Å². The Hall–Kier alpha value is -3.61. The second-order valence-corrected chi connectivity index (χ2v) is 7.92. The van der Waals surface area contributed by atoms with Crippen molar-refractivity contribution < 1.29 is 4.74 Å². The van der Waals surface area contributed by atoms with Gasteiger partial charge >= 0.3 is 5.69 Å². The summed E-state index contributed by atoms with van der Waals surface area (Å²) in [5, 5.41) is 0.997. The Morgan fingerprint density at radius 1 is 0.969 bits per heavy atom. The maximum Gasteiger partial charge on any atom is 0.346 e. The monoisotopic (exact) mass is 462 g/mol. The molecule has 5 rings (SSSR count). The molecule has 0 bridgehead atoms. The maximum atomic E-state index is 12.5. The predicted octanol–water partition coefficient (Wildman–Crippen LogP) is 5.73. The smallest absolute Gasteiger partial charge is 0.346 e. The van der Waals surface area contributed by atoms with E-state index in [2.05, 4.69) is 9.97 Å². The molecule has 0 saturated heterocycles. The lowest BCUT2D eigenvalue weighted by Gasteiger charge is -2.09. The lowest BCUT2D eigenvalue weighted by atomic mass is 10.1. The van der Waals surface area contributed by atoms with Crippen LogP contribution in [0, 0.1) is 0 Å². The number of H-pyrrole nitrogens is 1. The number of aromatic nitrogens is 4. The second kappa shape index (κ2) is 8.15. The van der Waals surface area contributed by atoms with Crippen LogP contribution >= 0.6 is 23.2 Å². The molecule has 2 aromatic carbocycles. The lowest BCUT2D eigenvalue weighted by Crippen LogP contribution is -2.12. The Labute approximate surface area is 193 Å². The molecule has 0 saturated carbocycles. The summed E-state index contributed by atoms with van der Waals surface area (Å²) in [5.41, 5.74) is 4.16. The van der Waals surface area contributed by atoms with Gasteiger partial charge in [0, 0.05) is 22.3 Å². The van der Waals surface area contributed by atoms with Crippen molar-refractivity contribution in [2.24, 2.45) is 0 Å². The van der Waals surface area contributed by atoms with Crippen molar-refractivity contribution in [3.63, 3.8) is 0 Å². The summed E-state index contributed by atoms with van der Waals surface area (Å²) in [6.07, 6.45) is 1.89. The Bertz CT molecular complexity index is 1510. The number of benzene rings is 2. The van der Waals surface area contributed by atoms with Gasteiger partial charge in [-0.1, -0.05) is 29.3 Å². The number of rotatable bonds is 4. The topological polar surface area (TPSA) is 72.3 Å². The molecule has 32 heavy (non-hydrogen) atoms. The van der Waals surface area contributed by atoms with Crippen molar-refractivity contribution in [1.82, 2.24) is 19.4 Å². The van der Waals surface area contributed by atoms with Crippen LogP contribution in [-0.2, 0) is 0 Å². The number of nitrogens with one attached hydrogen (secondary N) is 1. The molecule has 5 aromatic rings. The molecule has 0 aliphatic heterocycles. The zero-order valence-corrected chi connectivity index (χ0v) is 18.4. The summed E-state index contributed by atoms with van der Waals surface area (Å²) in [7, 11) is 1.60. The fraction of sp³-hybridized carbons (Fsp3) is 0.0417. The van der Waals surface area contributed by atoms with Gasteiger partial charge in [0.05, 0.1) is 29.2 Å². The molecule has 0 aliphatic carbocycles. The molecule has 0 radical (unpaired) electrons. The van der Waals surface area contributed by atoms with E-state index in [0.29, 0.717) is 44.0 Å². The van der Waals surface area contributed by atoms with Crippen LogP contribution in [0.15, 0.2) is 77.7 Å². The number of nitrogens with zero attached hydrogens (tertiary/aromatic N) is 3. The fourth-order valence-corrected chi connectivity index (χ4v) is 4.12. The highest BCUT2D eigenvalue weighted by Gasteiger charge is 2.20. The largest absolute Gasteiger partial charge is 0.497 e. The molecule has 0 atom stereocenters. The second-order valence-electron chi connectivity index (χ2n) is 7.08. The van der Waals surface area contributed by atoms with Crippen LogP contribution in [0.4, 0.5) is 0 Å². The Morgan fingerprint density at radius 3 is 2.53 bits per heavy atom. The Kier molecular flexibility index (Phi) is 5.17. The fourth-order valence-electron chi connectivity index (χ4n) is 3.62. The predicted molar refractivity (Wildman–Crippen MR) is 126 cm³/mol. The number of halogens is 2.